The van der Waals surface area contributed by atoms with Crippen molar-refractivity contribution in [2.45, 2.75) is 6.92 Å². The molecule has 6 nitrogen and oxygen atoms in total. The first-order chi connectivity index (χ1) is 9.15. The molecule has 19 heavy (non-hydrogen) atoms. The lowest BCUT2D eigenvalue weighted by atomic mass is 10.1. The average Bonchev–Trinajstić information content (AvgIpc) is 2.88. The quantitative estimate of drug-likeness (QED) is 0.891. The zero-order chi connectivity index (χ0) is 13.4. The number of ether oxygens (including phenoxy) is 2. The Morgan fingerprint density at radius 1 is 1.26 bits per heavy atom. The number of carboxylic acid groups (broad SMARTS) is 1. The van der Waals surface area contributed by atoms with E-state index in [1.165, 1.54) is 6.07 Å². The largest absolute Gasteiger partial charge is 0.486 e. The molecule has 1 aliphatic heterocycles. The van der Waals surface area contributed by atoms with Gasteiger partial charge in [-0.1, -0.05) is 5.16 Å². The predicted octanol–water partition coefficient (Wildman–Crippen LogP) is 2.12. The van der Waals surface area contributed by atoms with E-state index >= 15 is 0 Å². The highest BCUT2D eigenvalue weighted by Crippen LogP contribution is 2.37. The number of fused-ring (bicyclic) bond motifs is 1. The number of hydrogen-bond acceptors (Lipinski definition) is 5. The van der Waals surface area contributed by atoms with Gasteiger partial charge in [0.2, 0.25) is 5.76 Å². The minimum Gasteiger partial charge on any atom is -0.486 e. The molecule has 0 amide bonds. The number of aromatic carboxylic acids is 1. The van der Waals surface area contributed by atoms with Crippen LogP contribution in [0.5, 0.6) is 11.5 Å². The molecule has 0 unspecified atom stereocenters. The summed E-state index contributed by atoms with van der Waals surface area (Å²) < 4.78 is 15.8. The van der Waals surface area contributed by atoms with Crippen LogP contribution in [0.15, 0.2) is 22.7 Å². The molecule has 1 aromatic carbocycles. The Kier molecular flexibility index (Phi) is 2.63. The van der Waals surface area contributed by atoms with Gasteiger partial charge in [0.05, 0.1) is 0 Å². The van der Waals surface area contributed by atoms with Gasteiger partial charge in [0.1, 0.15) is 18.9 Å². The van der Waals surface area contributed by atoms with E-state index in [-0.39, 0.29) is 5.76 Å². The van der Waals surface area contributed by atoms with Crippen LogP contribution in [0.25, 0.3) is 11.3 Å². The van der Waals surface area contributed by atoms with Crippen molar-refractivity contribution in [3.05, 3.63) is 29.5 Å². The van der Waals surface area contributed by atoms with Gasteiger partial charge in [-0.2, -0.15) is 0 Å². The first-order valence-corrected chi connectivity index (χ1v) is 5.76. The van der Waals surface area contributed by atoms with Crippen LogP contribution in [0.1, 0.15) is 16.1 Å². The van der Waals surface area contributed by atoms with E-state index in [1.807, 2.05) is 13.0 Å². The highest BCUT2D eigenvalue weighted by Gasteiger charge is 2.18. The van der Waals surface area contributed by atoms with E-state index < -0.39 is 5.97 Å². The van der Waals surface area contributed by atoms with Crippen molar-refractivity contribution in [3.8, 4) is 22.8 Å². The topological polar surface area (TPSA) is 81.8 Å². The smallest absolute Gasteiger partial charge is 0.374 e. The number of rotatable bonds is 2. The summed E-state index contributed by atoms with van der Waals surface area (Å²) in [5.41, 5.74) is 2.10. The minimum absolute atomic E-state index is 0.192. The van der Waals surface area contributed by atoms with Crippen LogP contribution in [0.3, 0.4) is 0 Å². The number of nitrogens with zero attached hydrogens (tertiary/aromatic N) is 1. The Bertz CT molecular complexity index is 646. The summed E-state index contributed by atoms with van der Waals surface area (Å²) >= 11 is 0. The molecule has 2 heterocycles. The van der Waals surface area contributed by atoms with Crippen molar-refractivity contribution < 1.29 is 23.9 Å². The summed E-state index contributed by atoms with van der Waals surface area (Å²) in [6, 6.07) is 5.01. The third-order valence-corrected chi connectivity index (χ3v) is 2.84. The fraction of sp³-hybridized carbons (Fsp3) is 0.231. The predicted molar refractivity (Wildman–Crippen MR) is 64.6 cm³/mol. The molecule has 0 fully saturated rings. The van der Waals surface area contributed by atoms with Gasteiger partial charge in [0.25, 0.3) is 0 Å². The lowest BCUT2D eigenvalue weighted by Crippen LogP contribution is -2.16. The highest BCUT2D eigenvalue weighted by atomic mass is 16.6. The van der Waals surface area contributed by atoms with E-state index in [0.717, 1.165) is 16.9 Å². The number of hydrogen-bond donors (Lipinski definition) is 1. The second-order valence-electron chi connectivity index (χ2n) is 4.20. The molecule has 1 aliphatic rings. The molecule has 6 heteroatoms. The van der Waals surface area contributed by atoms with E-state index in [1.54, 1.807) is 6.07 Å². The molecule has 2 aromatic rings. The molecule has 0 saturated heterocycles. The molecule has 0 saturated carbocycles. The number of carbonyl (C=O) groups is 1. The second kappa shape index (κ2) is 4.31. The van der Waals surface area contributed by atoms with Crippen molar-refractivity contribution >= 4 is 5.97 Å². The highest BCUT2D eigenvalue weighted by molar-refractivity contribution is 5.85. The SMILES string of the molecule is Cc1cc(-c2cc(C(=O)O)on2)cc2c1OCCO2. The maximum atomic E-state index is 10.8. The summed E-state index contributed by atoms with van der Waals surface area (Å²) in [4.78, 5) is 10.8. The number of carboxylic acids is 1. The van der Waals surface area contributed by atoms with Crippen LogP contribution >= 0.6 is 0 Å². The Hall–Kier alpha value is -2.50. The van der Waals surface area contributed by atoms with E-state index in [0.29, 0.717) is 24.7 Å². The first-order valence-electron chi connectivity index (χ1n) is 5.76. The first kappa shape index (κ1) is 11.6. The van der Waals surface area contributed by atoms with Crippen molar-refractivity contribution in [2.75, 3.05) is 13.2 Å². The van der Waals surface area contributed by atoms with Crippen LogP contribution in [-0.2, 0) is 0 Å². The summed E-state index contributed by atoms with van der Waals surface area (Å²) in [5, 5.41) is 12.6. The standard InChI is InChI=1S/C13H11NO5/c1-7-4-8(5-10-12(7)18-3-2-17-10)9-6-11(13(15)16)19-14-9/h4-6H,2-3H2,1H3,(H,15,16). The van der Waals surface area contributed by atoms with Gasteiger partial charge < -0.3 is 19.1 Å². The van der Waals surface area contributed by atoms with Crippen LogP contribution in [-0.4, -0.2) is 29.4 Å². The summed E-state index contributed by atoms with van der Waals surface area (Å²) in [5.74, 6) is 0.0219. The van der Waals surface area contributed by atoms with Gasteiger partial charge in [-0.25, -0.2) is 4.79 Å². The molecular formula is C13H11NO5. The van der Waals surface area contributed by atoms with Gasteiger partial charge >= 0.3 is 5.97 Å². The molecule has 1 aromatic heterocycles. The minimum atomic E-state index is -1.15. The third-order valence-electron chi connectivity index (χ3n) is 2.84. The fourth-order valence-corrected chi connectivity index (χ4v) is 1.99. The maximum absolute atomic E-state index is 10.8. The summed E-state index contributed by atoms with van der Waals surface area (Å²) in [7, 11) is 0. The number of aromatic nitrogens is 1. The Morgan fingerprint density at radius 2 is 2.05 bits per heavy atom. The van der Waals surface area contributed by atoms with E-state index in [2.05, 4.69) is 5.16 Å². The molecule has 0 bridgehead atoms. The molecule has 0 aliphatic carbocycles. The van der Waals surface area contributed by atoms with Gasteiger partial charge in [0.15, 0.2) is 11.5 Å². The van der Waals surface area contributed by atoms with E-state index in [9.17, 15) is 4.79 Å². The Morgan fingerprint density at radius 3 is 2.79 bits per heavy atom. The molecule has 0 radical (unpaired) electrons. The molecule has 98 valence electrons. The molecule has 0 atom stereocenters. The zero-order valence-corrected chi connectivity index (χ0v) is 10.2. The molecular weight excluding hydrogens is 250 g/mol. The zero-order valence-electron chi connectivity index (χ0n) is 10.2. The van der Waals surface area contributed by atoms with Crippen LogP contribution in [0.2, 0.25) is 0 Å². The summed E-state index contributed by atoms with van der Waals surface area (Å²) in [6.07, 6.45) is 0. The number of benzene rings is 1. The Labute approximate surface area is 108 Å². The average molecular weight is 261 g/mol. The van der Waals surface area contributed by atoms with Crippen molar-refractivity contribution in [1.29, 1.82) is 0 Å². The maximum Gasteiger partial charge on any atom is 0.374 e. The monoisotopic (exact) mass is 261 g/mol. The van der Waals surface area contributed by atoms with Gasteiger partial charge in [-0.15, -0.1) is 0 Å². The second-order valence-corrected chi connectivity index (χ2v) is 4.20. The van der Waals surface area contributed by atoms with Crippen LogP contribution in [0.4, 0.5) is 0 Å². The van der Waals surface area contributed by atoms with Crippen LogP contribution < -0.4 is 9.47 Å². The molecule has 1 N–H and O–H groups in total. The fourth-order valence-electron chi connectivity index (χ4n) is 1.99. The van der Waals surface area contributed by atoms with E-state index in [4.69, 9.17) is 19.1 Å². The van der Waals surface area contributed by atoms with Gasteiger partial charge in [-0.3, -0.25) is 0 Å². The molecule has 0 spiro atoms. The lowest BCUT2D eigenvalue weighted by molar-refractivity contribution is 0.0652. The van der Waals surface area contributed by atoms with Gasteiger partial charge in [0, 0.05) is 11.6 Å². The van der Waals surface area contributed by atoms with Crippen molar-refractivity contribution in [2.24, 2.45) is 0 Å². The third kappa shape index (κ3) is 2.01. The summed E-state index contributed by atoms with van der Waals surface area (Å²) in [6.45, 7) is 2.92. The van der Waals surface area contributed by atoms with Gasteiger partial charge in [-0.05, 0) is 24.6 Å². The lowest BCUT2D eigenvalue weighted by Gasteiger charge is -2.20. The normalized spacial score (nSPS) is 13.3. The van der Waals surface area contributed by atoms with Crippen LogP contribution in [0, 0.1) is 6.92 Å². The van der Waals surface area contributed by atoms with Crippen molar-refractivity contribution in [3.63, 3.8) is 0 Å². The number of aryl methyl sites for hydroxylation is 1. The molecule has 3 rings (SSSR count). The van der Waals surface area contributed by atoms with Crippen molar-refractivity contribution in [1.82, 2.24) is 5.16 Å². The Balaban J connectivity index is 2.05.